The van der Waals surface area contributed by atoms with Crippen molar-refractivity contribution in [2.75, 3.05) is 57.8 Å². The lowest BCUT2D eigenvalue weighted by atomic mass is 9.97. The molecule has 1 aromatic heterocycles. The van der Waals surface area contributed by atoms with E-state index in [1.807, 2.05) is 18.4 Å². The zero-order chi connectivity index (χ0) is 19.9. The monoisotopic (exact) mass is 539 g/mol. The quantitative estimate of drug-likeness (QED) is 0.354. The highest BCUT2D eigenvalue weighted by Gasteiger charge is 2.22. The molecule has 2 aliphatic rings. The number of nitrogens with one attached hydrogen (secondary N) is 1. The Morgan fingerprint density at radius 3 is 2.37 bits per heavy atom. The van der Waals surface area contributed by atoms with Gasteiger partial charge in [0.15, 0.2) is 5.96 Å². The van der Waals surface area contributed by atoms with E-state index in [0.29, 0.717) is 0 Å². The van der Waals surface area contributed by atoms with Gasteiger partial charge in [0.2, 0.25) is 0 Å². The lowest BCUT2D eigenvalue weighted by Crippen LogP contribution is -2.53. The van der Waals surface area contributed by atoms with Crippen molar-refractivity contribution < 1.29 is 0 Å². The minimum atomic E-state index is 0. The number of piperidine rings is 1. The Bertz CT molecular complexity index is 751. The smallest absolute Gasteiger partial charge is 0.193 e. The van der Waals surface area contributed by atoms with Crippen LogP contribution in [0.25, 0.3) is 0 Å². The zero-order valence-corrected chi connectivity index (χ0v) is 21.0. The van der Waals surface area contributed by atoms with Gasteiger partial charge in [-0.1, -0.05) is 24.3 Å². The molecule has 1 N–H and O–H groups in total. The summed E-state index contributed by atoms with van der Waals surface area (Å²) in [7, 11) is 1.91. The molecule has 2 saturated heterocycles. The molecular weight excluding hydrogens is 505 g/mol. The van der Waals surface area contributed by atoms with Crippen LogP contribution >= 0.6 is 35.3 Å². The summed E-state index contributed by atoms with van der Waals surface area (Å²) in [5, 5.41) is 5.84. The molecule has 30 heavy (non-hydrogen) atoms. The van der Waals surface area contributed by atoms with Crippen LogP contribution < -0.4 is 10.2 Å². The molecular formula is C23H34IN5S. The minimum absolute atomic E-state index is 0. The number of guanidine groups is 1. The number of halogens is 1. The first-order valence-electron chi connectivity index (χ1n) is 10.8. The van der Waals surface area contributed by atoms with Gasteiger partial charge in [-0.3, -0.25) is 9.89 Å². The maximum Gasteiger partial charge on any atom is 0.193 e. The number of hydrogen-bond acceptors (Lipinski definition) is 4. The highest BCUT2D eigenvalue weighted by atomic mass is 127. The van der Waals surface area contributed by atoms with Crippen LogP contribution in [0.5, 0.6) is 0 Å². The lowest BCUT2D eigenvalue weighted by Gasteiger charge is -2.38. The molecule has 164 valence electrons. The average molecular weight is 540 g/mol. The maximum absolute atomic E-state index is 4.56. The van der Waals surface area contributed by atoms with E-state index in [1.165, 1.54) is 36.5 Å². The third-order valence-corrected chi connectivity index (χ3v) is 6.99. The lowest BCUT2D eigenvalue weighted by molar-refractivity contribution is 0.178. The Balaban J connectivity index is 0.00000256. The summed E-state index contributed by atoms with van der Waals surface area (Å²) < 4.78 is 0. The van der Waals surface area contributed by atoms with E-state index in [-0.39, 0.29) is 24.0 Å². The molecule has 0 bridgehead atoms. The van der Waals surface area contributed by atoms with Crippen molar-refractivity contribution in [2.24, 2.45) is 10.9 Å². The standard InChI is InChI=1S/C23H33N5S.HI/c1-24-23(28-15-13-27(14-16-28)21-6-3-2-4-7-21)25-18-20-9-11-26(12-10-20)19-22-8-5-17-29-22;/h2-8,17,20H,9-16,18-19H2,1H3,(H,24,25);1H. The molecule has 0 radical (unpaired) electrons. The van der Waals surface area contributed by atoms with Gasteiger partial charge in [0.25, 0.3) is 0 Å². The van der Waals surface area contributed by atoms with Crippen molar-refractivity contribution in [3.05, 3.63) is 52.7 Å². The van der Waals surface area contributed by atoms with Gasteiger partial charge in [-0.2, -0.15) is 0 Å². The van der Waals surface area contributed by atoms with E-state index in [4.69, 9.17) is 0 Å². The zero-order valence-electron chi connectivity index (χ0n) is 17.9. The van der Waals surface area contributed by atoms with Crippen LogP contribution in [-0.2, 0) is 6.54 Å². The molecule has 3 heterocycles. The predicted molar refractivity (Wildman–Crippen MR) is 139 cm³/mol. The molecule has 0 spiro atoms. The van der Waals surface area contributed by atoms with E-state index in [1.54, 1.807) is 0 Å². The minimum Gasteiger partial charge on any atom is -0.368 e. The summed E-state index contributed by atoms with van der Waals surface area (Å²) >= 11 is 1.87. The number of thiophene rings is 1. The van der Waals surface area contributed by atoms with E-state index >= 15 is 0 Å². The van der Waals surface area contributed by atoms with E-state index in [2.05, 4.69) is 72.9 Å². The number of aliphatic imine (C=N–C) groups is 1. The molecule has 0 saturated carbocycles. The maximum atomic E-state index is 4.56. The number of anilines is 1. The van der Waals surface area contributed by atoms with Crippen molar-refractivity contribution in [1.29, 1.82) is 0 Å². The van der Waals surface area contributed by atoms with E-state index in [9.17, 15) is 0 Å². The molecule has 5 nitrogen and oxygen atoms in total. The van der Waals surface area contributed by atoms with Crippen LogP contribution in [0.3, 0.4) is 0 Å². The molecule has 2 aromatic rings. The number of para-hydroxylation sites is 1. The van der Waals surface area contributed by atoms with Gasteiger partial charge < -0.3 is 15.1 Å². The van der Waals surface area contributed by atoms with Crippen molar-refractivity contribution >= 4 is 47.0 Å². The number of rotatable bonds is 5. The number of hydrogen-bond donors (Lipinski definition) is 1. The fraction of sp³-hybridized carbons (Fsp3) is 0.522. The van der Waals surface area contributed by atoms with Gasteiger partial charge >= 0.3 is 0 Å². The molecule has 0 aliphatic carbocycles. The fourth-order valence-corrected chi connectivity index (χ4v) is 5.10. The highest BCUT2D eigenvalue weighted by molar-refractivity contribution is 14.0. The van der Waals surface area contributed by atoms with Crippen molar-refractivity contribution in [3.8, 4) is 0 Å². The van der Waals surface area contributed by atoms with Crippen molar-refractivity contribution in [1.82, 2.24) is 15.1 Å². The van der Waals surface area contributed by atoms with Crippen LogP contribution in [0, 0.1) is 5.92 Å². The Hall–Kier alpha value is -1.32. The van der Waals surface area contributed by atoms with Crippen LogP contribution in [0.15, 0.2) is 52.8 Å². The first-order valence-corrected chi connectivity index (χ1v) is 11.7. The van der Waals surface area contributed by atoms with Gasteiger partial charge in [0.05, 0.1) is 0 Å². The van der Waals surface area contributed by atoms with E-state index in [0.717, 1.165) is 51.1 Å². The van der Waals surface area contributed by atoms with Gasteiger partial charge in [0, 0.05) is 56.9 Å². The van der Waals surface area contributed by atoms with Gasteiger partial charge in [-0.25, -0.2) is 0 Å². The molecule has 0 amide bonds. The second-order valence-electron chi connectivity index (χ2n) is 8.04. The van der Waals surface area contributed by atoms with Gasteiger partial charge in [-0.05, 0) is 55.4 Å². The summed E-state index contributed by atoms with van der Waals surface area (Å²) in [6.45, 7) is 8.71. The second-order valence-corrected chi connectivity index (χ2v) is 9.07. The molecule has 2 fully saturated rings. The third-order valence-electron chi connectivity index (χ3n) is 6.13. The van der Waals surface area contributed by atoms with Crippen molar-refractivity contribution in [3.63, 3.8) is 0 Å². The van der Waals surface area contributed by atoms with Gasteiger partial charge in [0.1, 0.15) is 0 Å². The van der Waals surface area contributed by atoms with Gasteiger partial charge in [-0.15, -0.1) is 35.3 Å². The van der Waals surface area contributed by atoms with Crippen LogP contribution in [-0.4, -0.2) is 68.6 Å². The van der Waals surface area contributed by atoms with E-state index < -0.39 is 0 Å². The first-order chi connectivity index (χ1) is 14.3. The third kappa shape index (κ3) is 6.34. The Morgan fingerprint density at radius 2 is 1.73 bits per heavy atom. The molecule has 0 atom stereocenters. The Kier molecular flexibility index (Phi) is 9.27. The van der Waals surface area contributed by atoms with Crippen LogP contribution in [0.2, 0.25) is 0 Å². The second kappa shape index (κ2) is 11.9. The number of likely N-dealkylation sites (tertiary alicyclic amines) is 1. The predicted octanol–water partition coefficient (Wildman–Crippen LogP) is 3.98. The first kappa shape index (κ1) is 23.3. The van der Waals surface area contributed by atoms with Crippen molar-refractivity contribution in [2.45, 2.75) is 19.4 Å². The molecule has 0 unspecified atom stereocenters. The topological polar surface area (TPSA) is 34.1 Å². The summed E-state index contributed by atoms with van der Waals surface area (Å²) in [6.07, 6.45) is 2.55. The van der Waals surface area contributed by atoms with Crippen LogP contribution in [0.4, 0.5) is 5.69 Å². The summed E-state index contributed by atoms with van der Waals surface area (Å²) in [5.41, 5.74) is 1.32. The Labute approximate surface area is 202 Å². The average Bonchev–Trinajstić information content (AvgIpc) is 3.29. The Morgan fingerprint density at radius 1 is 1.00 bits per heavy atom. The molecule has 7 heteroatoms. The number of nitrogens with zero attached hydrogens (tertiary/aromatic N) is 4. The number of piperazine rings is 1. The molecule has 1 aromatic carbocycles. The summed E-state index contributed by atoms with van der Waals surface area (Å²) in [5.74, 6) is 1.82. The summed E-state index contributed by atoms with van der Waals surface area (Å²) in [6, 6.07) is 15.1. The number of benzene rings is 1. The fourth-order valence-electron chi connectivity index (χ4n) is 4.35. The normalized spacial score (nSPS) is 18.9. The molecule has 4 rings (SSSR count). The summed E-state index contributed by atoms with van der Waals surface area (Å²) in [4.78, 5) is 13.5. The SMILES string of the molecule is CN=C(NCC1CCN(Cc2cccs2)CC1)N1CCN(c2ccccc2)CC1.I. The molecule has 2 aliphatic heterocycles. The largest absolute Gasteiger partial charge is 0.368 e. The van der Waals surface area contributed by atoms with Crippen LogP contribution in [0.1, 0.15) is 17.7 Å². The highest BCUT2D eigenvalue weighted by Crippen LogP contribution is 2.20.